The topological polar surface area (TPSA) is 113 Å². The number of carbonyl (C=O) groups is 1. The van der Waals surface area contributed by atoms with Crippen LogP contribution >= 0.6 is 0 Å². The Hall–Kier alpha value is -2.15. The molecule has 126 valence electrons. The first-order valence-corrected chi connectivity index (χ1v) is 8.06. The summed E-state index contributed by atoms with van der Waals surface area (Å²) in [7, 11) is 0. The lowest BCUT2D eigenvalue weighted by Gasteiger charge is -2.20. The first-order chi connectivity index (χ1) is 11.1. The van der Waals surface area contributed by atoms with E-state index in [4.69, 9.17) is 5.73 Å². The highest BCUT2D eigenvalue weighted by molar-refractivity contribution is 5.97. The van der Waals surface area contributed by atoms with Crippen LogP contribution in [0.15, 0.2) is 18.9 Å². The number of amides is 1. The van der Waals surface area contributed by atoms with Crippen molar-refractivity contribution in [3.8, 4) is 0 Å². The number of rotatable bonds is 7. The van der Waals surface area contributed by atoms with Crippen LogP contribution in [0.1, 0.15) is 48.9 Å². The highest BCUT2D eigenvalue weighted by Gasteiger charge is 2.21. The van der Waals surface area contributed by atoms with Gasteiger partial charge in [-0.2, -0.15) is 4.98 Å². The lowest BCUT2D eigenvalue weighted by molar-refractivity contribution is 0.100. The summed E-state index contributed by atoms with van der Waals surface area (Å²) < 4.78 is 0. The molecular formula is C16H25N5O2. The summed E-state index contributed by atoms with van der Waals surface area (Å²) in [5.74, 6) is 0.292. The molecule has 0 aromatic carbocycles. The second-order valence-electron chi connectivity index (χ2n) is 5.84. The zero-order valence-electron chi connectivity index (χ0n) is 13.3. The molecule has 1 aromatic rings. The van der Waals surface area contributed by atoms with Crippen LogP contribution in [0.5, 0.6) is 0 Å². The van der Waals surface area contributed by atoms with Gasteiger partial charge in [-0.1, -0.05) is 18.9 Å². The number of nitrogens with one attached hydrogen (secondary N) is 2. The van der Waals surface area contributed by atoms with E-state index in [0.717, 1.165) is 32.1 Å². The van der Waals surface area contributed by atoms with E-state index >= 15 is 0 Å². The summed E-state index contributed by atoms with van der Waals surface area (Å²) in [6.07, 6.45) is 8.14. The second kappa shape index (κ2) is 8.47. The van der Waals surface area contributed by atoms with Gasteiger partial charge in [0.05, 0.1) is 11.7 Å². The Labute approximate surface area is 136 Å². The predicted molar refractivity (Wildman–Crippen MR) is 90.4 cm³/mol. The molecule has 2 rings (SSSR count). The molecular weight excluding hydrogens is 294 g/mol. The normalized spacial score (nSPS) is 21.3. The number of carbonyl (C=O) groups excluding carboxylic acids is 1. The van der Waals surface area contributed by atoms with Gasteiger partial charge in [0, 0.05) is 18.8 Å². The third kappa shape index (κ3) is 5.21. The van der Waals surface area contributed by atoms with Crippen molar-refractivity contribution in [2.24, 2.45) is 5.73 Å². The number of primary amides is 1. The largest absolute Gasteiger partial charge is 0.393 e. The summed E-state index contributed by atoms with van der Waals surface area (Å²) in [6, 6.07) is 0.0709. The van der Waals surface area contributed by atoms with Crippen LogP contribution in [0, 0.1) is 0 Å². The average molecular weight is 319 g/mol. The van der Waals surface area contributed by atoms with Crippen LogP contribution in [0.3, 0.4) is 0 Å². The van der Waals surface area contributed by atoms with Crippen molar-refractivity contribution >= 4 is 17.7 Å². The molecule has 0 saturated heterocycles. The molecule has 23 heavy (non-hydrogen) atoms. The Kier molecular flexibility index (Phi) is 6.34. The van der Waals surface area contributed by atoms with Gasteiger partial charge in [-0.3, -0.25) is 4.79 Å². The Morgan fingerprint density at radius 1 is 1.48 bits per heavy atom. The number of hydrogen-bond donors (Lipinski definition) is 4. The quantitative estimate of drug-likeness (QED) is 0.345. The van der Waals surface area contributed by atoms with E-state index in [1.807, 2.05) is 0 Å². The molecule has 7 heteroatoms. The molecule has 1 aliphatic carbocycles. The van der Waals surface area contributed by atoms with Gasteiger partial charge in [0.2, 0.25) is 5.95 Å². The fourth-order valence-corrected chi connectivity index (χ4v) is 2.70. The minimum atomic E-state index is -0.570. The van der Waals surface area contributed by atoms with Gasteiger partial charge in [-0.15, -0.1) is 6.58 Å². The molecule has 1 aromatic heterocycles. The standard InChI is InChI=1S/C16H25N5O2/c1-2-3-8-18-16-19-10-13(14(17)23)15(21-16)20-11-6-4-5-7-12(22)9-11/h2,10-12,22H,1,3-9H2,(H2,17,23)(H2,18,19,20,21)/t11-,12+/m1/s1. The monoisotopic (exact) mass is 319 g/mol. The van der Waals surface area contributed by atoms with E-state index in [0.29, 0.717) is 24.7 Å². The van der Waals surface area contributed by atoms with E-state index in [1.54, 1.807) is 6.08 Å². The maximum absolute atomic E-state index is 11.6. The summed E-state index contributed by atoms with van der Waals surface area (Å²) in [4.78, 5) is 20.1. The first kappa shape index (κ1) is 17.2. The third-order valence-electron chi connectivity index (χ3n) is 3.92. The van der Waals surface area contributed by atoms with Crippen molar-refractivity contribution < 1.29 is 9.90 Å². The van der Waals surface area contributed by atoms with Crippen molar-refractivity contribution in [3.63, 3.8) is 0 Å². The van der Waals surface area contributed by atoms with Crippen LogP contribution in [0.2, 0.25) is 0 Å². The minimum Gasteiger partial charge on any atom is -0.393 e. The van der Waals surface area contributed by atoms with Gasteiger partial charge in [0.25, 0.3) is 5.91 Å². The molecule has 0 aliphatic heterocycles. The maximum Gasteiger partial charge on any atom is 0.254 e. The molecule has 1 fully saturated rings. The maximum atomic E-state index is 11.6. The number of anilines is 2. The lowest BCUT2D eigenvalue weighted by atomic mass is 10.1. The summed E-state index contributed by atoms with van der Waals surface area (Å²) in [6.45, 7) is 4.33. The van der Waals surface area contributed by atoms with Crippen LogP contribution in [-0.2, 0) is 0 Å². The Balaban J connectivity index is 2.14. The van der Waals surface area contributed by atoms with Gasteiger partial charge in [-0.25, -0.2) is 4.98 Å². The van der Waals surface area contributed by atoms with Crippen molar-refractivity contribution in [2.45, 2.75) is 50.7 Å². The van der Waals surface area contributed by atoms with Crippen LogP contribution in [0.25, 0.3) is 0 Å². The molecule has 0 spiro atoms. The highest BCUT2D eigenvalue weighted by atomic mass is 16.3. The second-order valence-corrected chi connectivity index (χ2v) is 5.84. The SMILES string of the molecule is C=CCCNc1ncc(C(N)=O)c(N[C@@H]2CCCC[C@H](O)C2)n1. The smallest absolute Gasteiger partial charge is 0.254 e. The van der Waals surface area contributed by atoms with E-state index in [9.17, 15) is 9.90 Å². The van der Waals surface area contributed by atoms with Crippen LogP contribution in [0.4, 0.5) is 11.8 Å². The zero-order chi connectivity index (χ0) is 16.7. The molecule has 5 N–H and O–H groups in total. The summed E-state index contributed by atoms with van der Waals surface area (Å²) in [5, 5.41) is 16.3. The molecule has 1 saturated carbocycles. The summed E-state index contributed by atoms with van der Waals surface area (Å²) in [5.41, 5.74) is 5.67. The molecule has 0 radical (unpaired) electrons. The average Bonchev–Trinajstić information content (AvgIpc) is 2.71. The highest BCUT2D eigenvalue weighted by Crippen LogP contribution is 2.23. The number of nitrogens with zero attached hydrogens (tertiary/aromatic N) is 2. The van der Waals surface area contributed by atoms with Gasteiger partial charge < -0.3 is 21.5 Å². The van der Waals surface area contributed by atoms with Crippen molar-refractivity contribution in [3.05, 3.63) is 24.4 Å². The van der Waals surface area contributed by atoms with Crippen molar-refractivity contribution in [1.82, 2.24) is 9.97 Å². The molecule has 0 unspecified atom stereocenters. The van der Waals surface area contributed by atoms with E-state index in [1.165, 1.54) is 6.20 Å². The zero-order valence-corrected chi connectivity index (χ0v) is 13.3. The van der Waals surface area contributed by atoms with E-state index in [-0.39, 0.29) is 17.7 Å². The summed E-state index contributed by atoms with van der Waals surface area (Å²) >= 11 is 0. The van der Waals surface area contributed by atoms with Crippen molar-refractivity contribution in [2.75, 3.05) is 17.2 Å². The molecule has 0 bridgehead atoms. The Bertz CT molecular complexity index is 549. The Morgan fingerprint density at radius 2 is 2.26 bits per heavy atom. The van der Waals surface area contributed by atoms with Crippen molar-refractivity contribution in [1.29, 1.82) is 0 Å². The van der Waals surface area contributed by atoms with E-state index in [2.05, 4.69) is 27.2 Å². The van der Waals surface area contributed by atoms with Gasteiger partial charge in [-0.05, 0) is 25.7 Å². The minimum absolute atomic E-state index is 0.0709. The van der Waals surface area contributed by atoms with Crippen LogP contribution in [-0.4, -0.2) is 39.7 Å². The van der Waals surface area contributed by atoms with Crippen LogP contribution < -0.4 is 16.4 Å². The lowest BCUT2D eigenvalue weighted by Crippen LogP contribution is -2.26. The van der Waals surface area contributed by atoms with Gasteiger partial charge in [0.15, 0.2) is 0 Å². The third-order valence-corrected chi connectivity index (χ3v) is 3.92. The molecule has 7 nitrogen and oxygen atoms in total. The number of hydrogen-bond acceptors (Lipinski definition) is 6. The molecule has 1 aliphatic rings. The molecule has 1 heterocycles. The van der Waals surface area contributed by atoms with Gasteiger partial charge in [0.1, 0.15) is 5.82 Å². The molecule has 2 atom stereocenters. The molecule has 1 amide bonds. The number of aliphatic hydroxyl groups excluding tert-OH is 1. The first-order valence-electron chi connectivity index (χ1n) is 8.06. The van der Waals surface area contributed by atoms with E-state index < -0.39 is 5.91 Å². The number of nitrogens with two attached hydrogens (primary N) is 1. The Morgan fingerprint density at radius 3 is 3.00 bits per heavy atom. The number of aromatic nitrogens is 2. The van der Waals surface area contributed by atoms with Gasteiger partial charge >= 0.3 is 0 Å². The predicted octanol–water partition coefficient (Wildman–Crippen LogP) is 1.67. The fourth-order valence-electron chi connectivity index (χ4n) is 2.70. The number of aliphatic hydroxyl groups is 1. The fraction of sp³-hybridized carbons (Fsp3) is 0.562.